The molecule has 0 unspecified atom stereocenters. The van der Waals surface area contributed by atoms with Gasteiger partial charge in [-0.05, 0) is 25.0 Å². The van der Waals surface area contributed by atoms with Gasteiger partial charge >= 0.3 is 6.18 Å². The maximum Gasteiger partial charge on any atom is 0.417 e. The van der Waals surface area contributed by atoms with Crippen LogP contribution in [0.5, 0.6) is 0 Å². The first kappa shape index (κ1) is 18.3. The third-order valence-electron chi connectivity index (χ3n) is 5.04. The molecule has 0 aliphatic carbocycles. The van der Waals surface area contributed by atoms with Crippen molar-refractivity contribution in [2.24, 2.45) is 7.05 Å². The number of hydrogen-bond donors (Lipinski definition) is 0. The highest BCUT2D eigenvalue weighted by Crippen LogP contribution is 2.35. The van der Waals surface area contributed by atoms with Gasteiger partial charge < -0.3 is 4.90 Å². The summed E-state index contributed by atoms with van der Waals surface area (Å²) in [6.45, 7) is 1.56. The van der Waals surface area contributed by atoms with E-state index in [0.717, 1.165) is 15.8 Å². The van der Waals surface area contributed by atoms with Crippen molar-refractivity contribution >= 4 is 22.6 Å². The second-order valence-corrected chi connectivity index (χ2v) is 6.81. The van der Waals surface area contributed by atoms with Crippen LogP contribution in [-0.4, -0.2) is 26.8 Å². The lowest BCUT2D eigenvalue weighted by Gasteiger charge is -2.19. The van der Waals surface area contributed by atoms with Crippen molar-refractivity contribution in [1.82, 2.24) is 14.3 Å². The van der Waals surface area contributed by atoms with Crippen molar-refractivity contribution in [3.63, 3.8) is 0 Å². The summed E-state index contributed by atoms with van der Waals surface area (Å²) in [6, 6.07) is 7.99. The van der Waals surface area contributed by atoms with Crippen LogP contribution in [0.2, 0.25) is 0 Å². The summed E-state index contributed by atoms with van der Waals surface area (Å²) < 4.78 is 42.6. The van der Waals surface area contributed by atoms with Crippen LogP contribution in [-0.2, 0) is 31.0 Å². The molecule has 0 radical (unpaired) electrons. The third kappa shape index (κ3) is 2.78. The number of aromatic nitrogens is 3. The van der Waals surface area contributed by atoms with E-state index >= 15 is 0 Å². The van der Waals surface area contributed by atoms with Crippen LogP contribution in [0.4, 0.5) is 18.9 Å². The molecule has 0 spiro atoms. The van der Waals surface area contributed by atoms with Crippen LogP contribution in [0.25, 0.3) is 11.0 Å². The first-order valence-corrected chi connectivity index (χ1v) is 8.71. The fraction of sp³-hybridized carbons (Fsp3) is 0.316. The van der Waals surface area contributed by atoms with Gasteiger partial charge in [0.1, 0.15) is 12.2 Å². The lowest BCUT2D eigenvalue weighted by molar-refractivity contribution is -0.136. The molecule has 0 saturated carbocycles. The number of fused-ring (bicyclic) bond motifs is 2. The first-order valence-electron chi connectivity index (χ1n) is 8.71. The Labute approximate surface area is 157 Å². The van der Waals surface area contributed by atoms with Crippen LogP contribution in [0, 0.1) is 6.92 Å². The molecule has 1 aliphatic heterocycles. The Morgan fingerprint density at radius 2 is 1.96 bits per heavy atom. The standard InChI is InChI=1S/C19H17F3N4O2/c1-11-17-13(19(20,21)22)9-15(27)26(18(17)24(2)23-11)10-16(28)25-8-7-12-5-3-4-6-14(12)25/h3-6,9H,7-8,10H2,1-2H3. The number of alkyl halides is 3. The molecule has 9 heteroatoms. The second kappa shape index (κ2) is 6.22. The summed E-state index contributed by atoms with van der Waals surface area (Å²) in [5.74, 6) is -0.355. The van der Waals surface area contributed by atoms with Crippen LogP contribution in [0.1, 0.15) is 16.8 Å². The van der Waals surface area contributed by atoms with Crippen LogP contribution in [0.15, 0.2) is 35.1 Å². The predicted octanol–water partition coefficient (Wildman–Crippen LogP) is 2.65. The van der Waals surface area contributed by atoms with E-state index < -0.39 is 17.3 Å². The Morgan fingerprint density at radius 3 is 2.68 bits per heavy atom. The number of benzene rings is 1. The monoisotopic (exact) mass is 390 g/mol. The minimum atomic E-state index is -4.69. The van der Waals surface area contributed by atoms with Gasteiger partial charge in [0.05, 0.1) is 16.6 Å². The summed E-state index contributed by atoms with van der Waals surface area (Å²) in [7, 11) is 1.46. The average Bonchev–Trinajstić information content (AvgIpc) is 3.17. The van der Waals surface area contributed by atoms with Crippen molar-refractivity contribution in [2.75, 3.05) is 11.4 Å². The molecule has 1 amide bonds. The maximum atomic E-state index is 13.4. The molecular weight excluding hydrogens is 373 g/mol. The fourth-order valence-corrected chi connectivity index (χ4v) is 3.84. The minimum absolute atomic E-state index is 0.0156. The molecule has 146 valence electrons. The average molecular weight is 390 g/mol. The van der Waals surface area contributed by atoms with Crippen LogP contribution in [0.3, 0.4) is 0 Å². The molecule has 4 rings (SSSR count). The minimum Gasteiger partial charge on any atom is -0.310 e. The molecule has 28 heavy (non-hydrogen) atoms. The highest BCUT2D eigenvalue weighted by molar-refractivity contribution is 5.96. The molecular formula is C19H17F3N4O2. The number of halogens is 3. The molecule has 0 saturated heterocycles. The number of aryl methyl sites for hydroxylation is 2. The Balaban J connectivity index is 1.81. The third-order valence-corrected chi connectivity index (χ3v) is 5.04. The van der Waals surface area contributed by atoms with Crippen molar-refractivity contribution in [3.05, 3.63) is 57.5 Å². The number of pyridine rings is 1. The van der Waals surface area contributed by atoms with E-state index in [4.69, 9.17) is 0 Å². The van der Waals surface area contributed by atoms with Gasteiger partial charge in [0, 0.05) is 25.3 Å². The summed E-state index contributed by atoms with van der Waals surface area (Å²) in [5, 5.41) is 3.88. The van der Waals surface area contributed by atoms with Gasteiger partial charge in [0.15, 0.2) is 0 Å². The normalized spacial score (nSPS) is 14.0. The lowest BCUT2D eigenvalue weighted by Crippen LogP contribution is -2.36. The summed E-state index contributed by atoms with van der Waals surface area (Å²) >= 11 is 0. The van der Waals surface area contributed by atoms with E-state index in [9.17, 15) is 22.8 Å². The quantitative estimate of drug-likeness (QED) is 0.676. The number of nitrogens with zero attached hydrogens (tertiary/aromatic N) is 4. The number of carbonyl (C=O) groups excluding carboxylic acids is 1. The smallest absolute Gasteiger partial charge is 0.310 e. The fourth-order valence-electron chi connectivity index (χ4n) is 3.84. The van der Waals surface area contributed by atoms with Gasteiger partial charge in [0.25, 0.3) is 5.56 Å². The molecule has 0 atom stereocenters. The van der Waals surface area contributed by atoms with Gasteiger partial charge in [-0.3, -0.25) is 18.8 Å². The van der Waals surface area contributed by atoms with E-state index in [2.05, 4.69) is 5.10 Å². The van der Waals surface area contributed by atoms with E-state index in [1.54, 1.807) is 4.90 Å². The zero-order valence-corrected chi connectivity index (χ0v) is 15.2. The first-order chi connectivity index (χ1) is 13.2. The zero-order chi connectivity index (χ0) is 20.2. The molecule has 0 N–H and O–H groups in total. The molecule has 0 fully saturated rings. The van der Waals surface area contributed by atoms with Crippen molar-refractivity contribution < 1.29 is 18.0 Å². The Kier molecular flexibility index (Phi) is 4.06. The van der Waals surface area contributed by atoms with Gasteiger partial charge in [-0.1, -0.05) is 18.2 Å². The number of amides is 1. The summed E-state index contributed by atoms with van der Waals surface area (Å²) in [4.78, 5) is 27.0. The SMILES string of the molecule is Cc1nn(C)c2c1c(C(F)(F)F)cc(=O)n2CC(=O)N1CCc2ccccc21. The highest BCUT2D eigenvalue weighted by atomic mass is 19.4. The van der Waals surface area contributed by atoms with Gasteiger partial charge in [-0.25, -0.2) is 0 Å². The van der Waals surface area contributed by atoms with Gasteiger partial charge in [-0.15, -0.1) is 0 Å². The summed E-state index contributed by atoms with van der Waals surface area (Å²) in [6.07, 6.45) is -3.99. The van der Waals surface area contributed by atoms with Crippen LogP contribution >= 0.6 is 0 Å². The van der Waals surface area contributed by atoms with Crippen LogP contribution < -0.4 is 10.5 Å². The zero-order valence-electron chi connectivity index (χ0n) is 15.2. The van der Waals surface area contributed by atoms with Gasteiger partial charge in [-0.2, -0.15) is 18.3 Å². The number of anilines is 1. The maximum absolute atomic E-state index is 13.4. The topological polar surface area (TPSA) is 60.1 Å². The molecule has 3 aromatic rings. The number of rotatable bonds is 2. The summed E-state index contributed by atoms with van der Waals surface area (Å²) in [5.41, 5.74) is 0.00899. The Morgan fingerprint density at radius 1 is 1.25 bits per heavy atom. The molecule has 2 aromatic heterocycles. The van der Waals surface area contributed by atoms with E-state index in [1.807, 2.05) is 24.3 Å². The number of carbonyl (C=O) groups is 1. The molecule has 1 aromatic carbocycles. The van der Waals surface area contributed by atoms with Crippen molar-refractivity contribution in [3.8, 4) is 0 Å². The van der Waals surface area contributed by atoms with Crippen molar-refractivity contribution in [1.29, 1.82) is 0 Å². The Hall–Kier alpha value is -3.10. The van der Waals surface area contributed by atoms with E-state index in [0.29, 0.717) is 19.0 Å². The predicted molar refractivity (Wildman–Crippen MR) is 97.2 cm³/mol. The number of para-hydroxylation sites is 1. The largest absolute Gasteiger partial charge is 0.417 e. The van der Waals surface area contributed by atoms with E-state index in [1.165, 1.54) is 18.7 Å². The van der Waals surface area contributed by atoms with E-state index in [-0.39, 0.29) is 29.2 Å². The molecule has 0 bridgehead atoms. The van der Waals surface area contributed by atoms with Gasteiger partial charge in [0.2, 0.25) is 5.91 Å². The highest BCUT2D eigenvalue weighted by Gasteiger charge is 2.36. The molecule has 1 aliphatic rings. The lowest BCUT2D eigenvalue weighted by atomic mass is 10.1. The van der Waals surface area contributed by atoms with Crippen molar-refractivity contribution in [2.45, 2.75) is 26.1 Å². The molecule has 3 heterocycles. The molecule has 6 nitrogen and oxygen atoms in total. The second-order valence-electron chi connectivity index (χ2n) is 6.81. The Bertz CT molecular complexity index is 1160. The number of hydrogen-bond acceptors (Lipinski definition) is 3.